The van der Waals surface area contributed by atoms with Gasteiger partial charge in [0.15, 0.2) is 17.3 Å². The van der Waals surface area contributed by atoms with E-state index in [2.05, 4.69) is 0 Å². The van der Waals surface area contributed by atoms with Crippen LogP contribution in [0.1, 0.15) is 17.3 Å². The van der Waals surface area contributed by atoms with Crippen molar-refractivity contribution in [2.45, 2.75) is 6.92 Å². The summed E-state index contributed by atoms with van der Waals surface area (Å²) in [5.74, 6) is 1.53. The third-order valence-electron chi connectivity index (χ3n) is 3.03. The predicted molar refractivity (Wildman–Crippen MR) is 63.9 cm³/mol. The van der Waals surface area contributed by atoms with Crippen molar-refractivity contribution in [2.24, 2.45) is 7.05 Å². The number of rotatable bonds is 1. The molecule has 0 unspecified atom stereocenters. The molecule has 0 fully saturated rings. The maximum Gasteiger partial charge on any atom is 0.163 e. The Bertz CT molecular complexity index is 613. The normalized spacial score (nSPS) is 14.0. The Labute approximate surface area is 98.7 Å². The SMILES string of the molecule is CC(=O)c1cn(C)c2cc3c(cc12)OCCO3. The summed E-state index contributed by atoms with van der Waals surface area (Å²) in [7, 11) is 1.92. The molecular formula is C13H13NO3. The highest BCUT2D eigenvalue weighted by Crippen LogP contribution is 2.36. The Hall–Kier alpha value is -1.97. The quantitative estimate of drug-likeness (QED) is 0.706. The van der Waals surface area contributed by atoms with Gasteiger partial charge in [-0.1, -0.05) is 0 Å². The van der Waals surface area contributed by atoms with Crippen molar-refractivity contribution in [2.75, 3.05) is 13.2 Å². The minimum Gasteiger partial charge on any atom is -0.486 e. The number of aromatic nitrogens is 1. The van der Waals surface area contributed by atoms with Gasteiger partial charge < -0.3 is 14.0 Å². The van der Waals surface area contributed by atoms with Crippen LogP contribution in [0.3, 0.4) is 0 Å². The fraction of sp³-hybridized carbons (Fsp3) is 0.308. The van der Waals surface area contributed by atoms with Crippen LogP contribution in [-0.4, -0.2) is 23.6 Å². The van der Waals surface area contributed by atoms with Crippen LogP contribution in [0, 0.1) is 0 Å². The zero-order valence-corrected chi connectivity index (χ0v) is 9.82. The molecular weight excluding hydrogens is 218 g/mol. The van der Waals surface area contributed by atoms with Crippen LogP contribution in [0.25, 0.3) is 10.9 Å². The van der Waals surface area contributed by atoms with Crippen molar-refractivity contribution >= 4 is 16.7 Å². The van der Waals surface area contributed by atoms with E-state index in [1.807, 2.05) is 29.9 Å². The van der Waals surface area contributed by atoms with Gasteiger partial charge in [0.05, 0.1) is 5.52 Å². The van der Waals surface area contributed by atoms with Gasteiger partial charge in [0.25, 0.3) is 0 Å². The first kappa shape index (κ1) is 10.2. The molecule has 88 valence electrons. The summed E-state index contributed by atoms with van der Waals surface area (Å²) in [6, 6.07) is 3.82. The molecule has 1 aromatic carbocycles. The first-order valence-corrected chi connectivity index (χ1v) is 5.56. The smallest absolute Gasteiger partial charge is 0.163 e. The molecule has 1 aromatic heterocycles. The molecule has 0 spiro atoms. The lowest BCUT2D eigenvalue weighted by atomic mass is 10.1. The summed E-state index contributed by atoms with van der Waals surface area (Å²) >= 11 is 0. The lowest BCUT2D eigenvalue weighted by molar-refractivity contribution is 0.101. The number of ether oxygens (including phenoxy) is 2. The van der Waals surface area contributed by atoms with Gasteiger partial charge in [0, 0.05) is 30.3 Å². The summed E-state index contributed by atoms with van der Waals surface area (Å²) in [6.07, 6.45) is 1.85. The van der Waals surface area contributed by atoms with E-state index in [1.54, 1.807) is 6.92 Å². The van der Waals surface area contributed by atoms with Gasteiger partial charge in [-0.05, 0) is 13.0 Å². The van der Waals surface area contributed by atoms with Crippen LogP contribution in [0.4, 0.5) is 0 Å². The number of aryl methyl sites for hydroxylation is 1. The molecule has 0 N–H and O–H groups in total. The van der Waals surface area contributed by atoms with E-state index in [4.69, 9.17) is 9.47 Å². The maximum atomic E-state index is 11.6. The molecule has 3 rings (SSSR count). The average molecular weight is 231 g/mol. The minimum absolute atomic E-state index is 0.0623. The van der Waals surface area contributed by atoms with E-state index in [9.17, 15) is 4.79 Å². The fourth-order valence-electron chi connectivity index (χ4n) is 2.20. The predicted octanol–water partition coefficient (Wildman–Crippen LogP) is 2.15. The highest BCUT2D eigenvalue weighted by molar-refractivity contribution is 6.07. The van der Waals surface area contributed by atoms with Gasteiger partial charge in [0.2, 0.25) is 0 Å². The van der Waals surface area contributed by atoms with Crippen molar-refractivity contribution < 1.29 is 14.3 Å². The highest BCUT2D eigenvalue weighted by atomic mass is 16.6. The van der Waals surface area contributed by atoms with Gasteiger partial charge in [-0.25, -0.2) is 0 Å². The van der Waals surface area contributed by atoms with E-state index >= 15 is 0 Å². The number of Topliss-reactive ketones (excluding diaryl/α,β-unsaturated/α-hetero) is 1. The molecule has 2 aromatic rings. The number of carbonyl (C=O) groups is 1. The zero-order valence-electron chi connectivity index (χ0n) is 9.82. The number of hydrogen-bond donors (Lipinski definition) is 0. The Morgan fingerprint density at radius 1 is 1.24 bits per heavy atom. The summed E-state index contributed by atoms with van der Waals surface area (Å²) < 4.78 is 13.0. The second-order valence-electron chi connectivity index (χ2n) is 4.22. The van der Waals surface area contributed by atoms with Gasteiger partial charge in [-0.15, -0.1) is 0 Å². The Kier molecular flexibility index (Phi) is 2.11. The second kappa shape index (κ2) is 3.52. The minimum atomic E-state index is 0.0623. The number of benzene rings is 1. The summed E-state index contributed by atoms with van der Waals surface area (Å²) in [6.45, 7) is 2.70. The van der Waals surface area contributed by atoms with Gasteiger partial charge in [-0.3, -0.25) is 4.79 Å². The van der Waals surface area contributed by atoms with E-state index in [0.29, 0.717) is 13.2 Å². The molecule has 0 aliphatic carbocycles. The third-order valence-corrected chi connectivity index (χ3v) is 3.03. The average Bonchev–Trinajstić information content (AvgIpc) is 2.64. The summed E-state index contributed by atoms with van der Waals surface area (Å²) in [5.41, 5.74) is 1.71. The van der Waals surface area contributed by atoms with E-state index < -0.39 is 0 Å². The van der Waals surface area contributed by atoms with Gasteiger partial charge in [0.1, 0.15) is 13.2 Å². The lowest BCUT2D eigenvalue weighted by Gasteiger charge is -2.18. The van der Waals surface area contributed by atoms with E-state index in [-0.39, 0.29) is 5.78 Å². The fourth-order valence-corrected chi connectivity index (χ4v) is 2.20. The van der Waals surface area contributed by atoms with Gasteiger partial charge in [-0.2, -0.15) is 0 Å². The van der Waals surface area contributed by atoms with Crippen LogP contribution in [-0.2, 0) is 7.05 Å². The van der Waals surface area contributed by atoms with Crippen LogP contribution in [0.5, 0.6) is 11.5 Å². The molecule has 0 bridgehead atoms. The van der Waals surface area contributed by atoms with Crippen molar-refractivity contribution in [3.05, 3.63) is 23.9 Å². The van der Waals surface area contributed by atoms with Crippen LogP contribution in [0.15, 0.2) is 18.3 Å². The van der Waals surface area contributed by atoms with Crippen molar-refractivity contribution in [3.63, 3.8) is 0 Å². The number of carbonyl (C=O) groups excluding carboxylic acids is 1. The largest absolute Gasteiger partial charge is 0.486 e. The first-order chi connectivity index (χ1) is 8.16. The monoisotopic (exact) mass is 231 g/mol. The summed E-state index contributed by atoms with van der Waals surface area (Å²) in [4.78, 5) is 11.6. The molecule has 0 atom stereocenters. The standard InChI is InChI=1S/C13H13NO3/c1-8(15)10-7-14(2)11-6-13-12(5-9(10)11)16-3-4-17-13/h5-7H,3-4H2,1-2H3. The molecule has 0 radical (unpaired) electrons. The Balaban J connectivity index is 2.31. The highest BCUT2D eigenvalue weighted by Gasteiger charge is 2.17. The summed E-state index contributed by atoms with van der Waals surface area (Å²) in [5, 5.41) is 0.921. The molecule has 1 aliphatic heterocycles. The molecule has 4 nitrogen and oxygen atoms in total. The van der Waals surface area contributed by atoms with E-state index in [0.717, 1.165) is 28.0 Å². The van der Waals surface area contributed by atoms with Crippen LogP contribution in [0.2, 0.25) is 0 Å². The molecule has 0 amide bonds. The topological polar surface area (TPSA) is 40.5 Å². The van der Waals surface area contributed by atoms with Crippen LogP contribution >= 0.6 is 0 Å². The third kappa shape index (κ3) is 1.48. The van der Waals surface area contributed by atoms with Crippen molar-refractivity contribution in [1.82, 2.24) is 4.57 Å². The zero-order chi connectivity index (χ0) is 12.0. The molecule has 4 heteroatoms. The second-order valence-corrected chi connectivity index (χ2v) is 4.22. The van der Waals surface area contributed by atoms with Crippen LogP contribution < -0.4 is 9.47 Å². The van der Waals surface area contributed by atoms with E-state index in [1.165, 1.54) is 0 Å². The van der Waals surface area contributed by atoms with Crippen molar-refractivity contribution in [1.29, 1.82) is 0 Å². The molecule has 0 saturated heterocycles. The molecule has 2 heterocycles. The maximum absolute atomic E-state index is 11.6. The number of ketones is 1. The lowest BCUT2D eigenvalue weighted by Crippen LogP contribution is -2.15. The van der Waals surface area contributed by atoms with Gasteiger partial charge >= 0.3 is 0 Å². The number of nitrogens with zero attached hydrogens (tertiary/aromatic N) is 1. The first-order valence-electron chi connectivity index (χ1n) is 5.56. The molecule has 17 heavy (non-hydrogen) atoms. The molecule has 0 saturated carbocycles. The Morgan fingerprint density at radius 3 is 2.53 bits per heavy atom. The number of hydrogen-bond acceptors (Lipinski definition) is 3. The molecule has 1 aliphatic rings. The Morgan fingerprint density at radius 2 is 1.88 bits per heavy atom. The van der Waals surface area contributed by atoms with Crippen molar-refractivity contribution in [3.8, 4) is 11.5 Å². The number of fused-ring (bicyclic) bond motifs is 2.